The summed E-state index contributed by atoms with van der Waals surface area (Å²) in [5, 5.41) is 3.20. The third-order valence-electron chi connectivity index (χ3n) is 1.22. The zero-order valence-electron chi connectivity index (χ0n) is 10.2. The van der Waals surface area contributed by atoms with Gasteiger partial charge in [-0.25, -0.2) is 0 Å². The first-order chi connectivity index (χ1) is 6.04. The summed E-state index contributed by atoms with van der Waals surface area (Å²) in [6, 6.07) is 0. The van der Waals surface area contributed by atoms with Crippen molar-refractivity contribution in [3.8, 4) is 0 Å². The van der Waals surface area contributed by atoms with Crippen LogP contribution >= 0.6 is 0 Å². The molecule has 0 unspecified atom stereocenters. The molecule has 0 aromatic carbocycles. The normalized spacial score (nSPS) is 10.2. The molecule has 0 aliphatic rings. The van der Waals surface area contributed by atoms with E-state index in [4.69, 9.17) is 4.74 Å². The molecule has 82 valence electrons. The number of ether oxygens (including phenoxy) is 1. The van der Waals surface area contributed by atoms with E-state index in [0.29, 0.717) is 12.2 Å². The summed E-state index contributed by atoms with van der Waals surface area (Å²) in [5.41, 5.74) is 0. The lowest BCUT2D eigenvalue weighted by Crippen LogP contribution is -2.12. The van der Waals surface area contributed by atoms with Gasteiger partial charge in [-0.15, -0.1) is 0 Å². The smallest absolute Gasteiger partial charge is 0.0522 e. The Labute approximate surface area is 84.1 Å². The molecule has 0 aliphatic heterocycles. The first-order valence-corrected chi connectivity index (χ1v) is 5.40. The summed E-state index contributed by atoms with van der Waals surface area (Å²) in [6.45, 7) is 14.7. The highest BCUT2D eigenvalue weighted by Gasteiger charge is 1.94. The molecule has 0 saturated heterocycles. The van der Waals surface area contributed by atoms with Crippen LogP contribution in [0.3, 0.4) is 0 Å². The van der Waals surface area contributed by atoms with Gasteiger partial charge in [-0.05, 0) is 47.2 Å². The van der Waals surface area contributed by atoms with Crippen LogP contribution in [0.2, 0.25) is 0 Å². The van der Waals surface area contributed by atoms with Gasteiger partial charge in [-0.1, -0.05) is 13.8 Å². The molecule has 0 aromatic rings. The van der Waals surface area contributed by atoms with Crippen molar-refractivity contribution in [2.45, 2.75) is 60.2 Å². The molecule has 0 radical (unpaired) electrons. The summed E-state index contributed by atoms with van der Waals surface area (Å²) < 4.78 is 5.25. The second-order valence-corrected chi connectivity index (χ2v) is 3.59. The lowest BCUT2D eigenvalue weighted by molar-refractivity contribution is 0.0300. The van der Waals surface area contributed by atoms with Crippen molar-refractivity contribution in [3.63, 3.8) is 0 Å². The number of nitrogens with one attached hydrogen (secondary N) is 1. The van der Waals surface area contributed by atoms with Crippen molar-refractivity contribution in [2.75, 3.05) is 13.1 Å². The Kier molecular flexibility index (Phi) is 14.1. The summed E-state index contributed by atoms with van der Waals surface area (Å²) in [7, 11) is 0. The molecule has 2 nitrogen and oxygen atoms in total. The summed E-state index contributed by atoms with van der Waals surface area (Å²) in [6.07, 6.45) is 1.99. The Balaban J connectivity index is 0. The molecular weight excluding hydrogens is 162 g/mol. The molecule has 0 aliphatic carbocycles. The summed E-state index contributed by atoms with van der Waals surface area (Å²) >= 11 is 0. The molecule has 0 heterocycles. The van der Waals surface area contributed by atoms with Crippen LogP contribution in [-0.2, 0) is 4.74 Å². The fraction of sp³-hybridized carbons (Fsp3) is 1.00. The summed E-state index contributed by atoms with van der Waals surface area (Å²) in [4.78, 5) is 0. The molecule has 0 atom stereocenters. The standard InChI is InChI=1S/C6H14O.C5H13N/c1-5(2)7-6(3)4;1-3-5-6-4-2/h5-6H,1-4H3;6H,3-5H2,1-2H3. The highest BCUT2D eigenvalue weighted by Crippen LogP contribution is 1.93. The first kappa shape index (κ1) is 15.4. The highest BCUT2D eigenvalue weighted by atomic mass is 16.5. The van der Waals surface area contributed by atoms with Crippen molar-refractivity contribution in [1.82, 2.24) is 5.32 Å². The van der Waals surface area contributed by atoms with Crippen LogP contribution in [0.25, 0.3) is 0 Å². The van der Waals surface area contributed by atoms with E-state index in [9.17, 15) is 0 Å². The van der Waals surface area contributed by atoms with Crippen molar-refractivity contribution in [3.05, 3.63) is 0 Å². The molecule has 0 bridgehead atoms. The van der Waals surface area contributed by atoms with Crippen molar-refractivity contribution in [1.29, 1.82) is 0 Å². The van der Waals surface area contributed by atoms with Crippen LogP contribution in [0.1, 0.15) is 48.0 Å². The molecule has 0 fully saturated rings. The van der Waals surface area contributed by atoms with E-state index in [1.54, 1.807) is 0 Å². The Morgan fingerprint density at radius 3 is 1.54 bits per heavy atom. The van der Waals surface area contributed by atoms with E-state index < -0.39 is 0 Å². The van der Waals surface area contributed by atoms with Gasteiger partial charge in [0.05, 0.1) is 12.2 Å². The average molecular weight is 189 g/mol. The van der Waals surface area contributed by atoms with E-state index in [-0.39, 0.29) is 0 Å². The lowest BCUT2D eigenvalue weighted by Gasteiger charge is -2.09. The van der Waals surface area contributed by atoms with Gasteiger partial charge in [0.1, 0.15) is 0 Å². The third kappa shape index (κ3) is 24.5. The highest BCUT2D eigenvalue weighted by molar-refractivity contribution is 4.40. The monoisotopic (exact) mass is 189 g/mol. The maximum absolute atomic E-state index is 5.25. The largest absolute Gasteiger partial charge is 0.376 e. The van der Waals surface area contributed by atoms with E-state index in [1.165, 1.54) is 6.42 Å². The predicted octanol–water partition coefficient (Wildman–Crippen LogP) is 2.83. The van der Waals surface area contributed by atoms with Gasteiger partial charge in [0, 0.05) is 0 Å². The molecular formula is C11H27NO. The third-order valence-corrected chi connectivity index (χ3v) is 1.22. The molecule has 0 saturated carbocycles. The Morgan fingerprint density at radius 2 is 1.46 bits per heavy atom. The van der Waals surface area contributed by atoms with Gasteiger partial charge in [0.25, 0.3) is 0 Å². The van der Waals surface area contributed by atoms with E-state index in [1.807, 2.05) is 27.7 Å². The molecule has 0 amide bonds. The van der Waals surface area contributed by atoms with Gasteiger partial charge in [-0.3, -0.25) is 0 Å². The minimum Gasteiger partial charge on any atom is -0.376 e. The van der Waals surface area contributed by atoms with Crippen molar-refractivity contribution < 1.29 is 4.74 Å². The number of hydrogen-bond donors (Lipinski definition) is 1. The zero-order chi connectivity index (χ0) is 10.7. The molecule has 1 N–H and O–H groups in total. The van der Waals surface area contributed by atoms with Crippen molar-refractivity contribution >= 4 is 0 Å². The molecule has 0 spiro atoms. The Hall–Kier alpha value is -0.0800. The molecule has 13 heavy (non-hydrogen) atoms. The molecule has 0 aromatic heterocycles. The van der Waals surface area contributed by atoms with Gasteiger partial charge >= 0.3 is 0 Å². The van der Waals surface area contributed by atoms with Gasteiger partial charge in [0.2, 0.25) is 0 Å². The zero-order valence-corrected chi connectivity index (χ0v) is 10.2. The molecule has 0 rings (SSSR count). The van der Waals surface area contributed by atoms with Crippen LogP contribution in [0.5, 0.6) is 0 Å². The maximum Gasteiger partial charge on any atom is 0.0522 e. The van der Waals surface area contributed by atoms with Crippen molar-refractivity contribution in [2.24, 2.45) is 0 Å². The molecule has 2 heteroatoms. The van der Waals surface area contributed by atoms with Crippen LogP contribution in [0.4, 0.5) is 0 Å². The van der Waals surface area contributed by atoms with Gasteiger partial charge in [-0.2, -0.15) is 0 Å². The van der Waals surface area contributed by atoms with Crippen LogP contribution in [0, 0.1) is 0 Å². The SMILES string of the molecule is CC(C)OC(C)C.CCCNCC. The second kappa shape index (κ2) is 11.9. The average Bonchev–Trinajstić information content (AvgIpc) is 1.99. The van der Waals surface area contributed by atoms with Gasteiger partial charge < -0.3 is 10.1 Å². The predicted molar refractivity (Wildman–Crippen MR) is 60.2 cm³/mol. The fourth-order valence-electron chi connectivity index (χ4n) is 0.898. The number of rotatable bonds is 5. The van der Waals surface area contributed by atoms with E-state index in [2.05, 4.69) is 19.2 Å². The Morgan fingerprint density at radius 1 is 1.00 bits per heavy atom. The quantitative estimate of drug-likeness (QED) is 0.671. The number of hydrogen-bond acceptors (Lipinski definition) is 2. The van der Waals surface area contributed by atoms with Crippen LogP contribution < -0.4 is 5.32 Å². The van der Waals surface area contributed by atoms with E-state index >= 15 is 0 Å². The van der Waals surface area contributed by atoms with Gasteiger partial charge in [0.15, 0.2) is 0 Å². The minimum absolute atomic E-state index is 0.375. The second-order valence-electron chi connectivity index (χ2n) is 3.59. The maximum atomic E-state index is 5.25. The van der Waals surface area contributed by atoms with Crippen LogP contribution in [-0.4, -0.2) is 25.3 Å². The minimum atomic E-state index is 0.375. The topological polar surface area (TPSA) is 21.3 Å². The van der Waals surface area contributed by atoms with E-state index in [0.717, 1.165) is 13.1 Å². The fourth-order valence-corrected chi connectivity index (χ4v) is 0.898. The Bertz CT molecular complexity index is 72.2. The van der Waals surface area contributed by atoms with Crippen LogP contribution in [0.15, 0.2) is 0 Å². The summed E-state index contributed by atoms with van der Waals surface area (Å²) in [5.74, 6) is 0. The lowest BCUT2D eigenvalue weighted by atomic mass is 10.4. The first-order valence-electron chi connectivity index (χ1n) is 5.40.